The molecule has 2 aromatic rings. The van der Waals surface area contributed by atoms with Crippen LogP contribution in [0, 0.1) is 0 Å². The number of nitrogens with one attached hydrogen (secondary N) is 2. The third-order valence-corrected chi connectivity index (χ3v) is 6.99. The van der Waals surface area contributed by atoms with E-state index in [2.05, 4.69) is 33.0 Å². The summed E-state index contributed by atoms with van der Waals surface area (Å²) >= 11 is 2.92. The number of thioether (sulfide) groups is 1. The molecule has 2 N–H and O–H groups in total. The van der Waals surface area contributed by atoms with Crippen molar-refractivity contribution in [2.45, 2.75) is 54.7 Å². The monoisotopic (exact) mass is 404 g/mol. The van der Waals surface area contributed by atoms with Gasteiger partial charge in [-0.15, -0.1) is 10.2 Å². The van der Waals surface area contributed by atoms with Crippen LogP contribution < -0.4 is 10.6 Å². The number of rotatable bonds is 7. The standard InChI is InChI=1S/C19H24N4O2S2/c1-12(17(24)21-15-8-7-13-4-2-5-14(13)10-15)26-19-23-22-18(27-19)20-11-16-6-3-9-25-16/h7-8,10,12,16H,2-6,9,11H2,1H3,(H,20,22)(H,21,24)/t12-,16-/m1/s1. The molecule has 0 radical (unpaired) electrons. The number of aryl methyl sites for hydroxylation is 2. The minimum absolute atomic E-state index is 0.0120. The quantitative estimate of drug-likeness (QED) is 0.685. The van der Waals surface area contributed by atoms with E-state index in [1.807, 2.05) is 13.0 Å². The average molecular weight is 405 g/mol. The van der Waals surface area contributed by atoms with Crippen LogP contribution >= 0.6 is 23.1 Å². The van der Waals surface area contributed by atoms with Crippen LogP contribution in [0.5, 0.6) is 0 Å². The first-order valence-electron chi connectivity index (χ1n) is 9.46. The van der Waals surface area contributed by atoms with Crippen molar-refractivity contribution in [1.29, 1.82) is 0 Å². The lowest BCUT2D eigenvalue weighted by Gasteiger charge is -2.11. The van der Waals surface area contributed by atoms with Crippen LogP contribution in [0.3, 0.4) is 0 Å². The maximum atomic E-state index is 12.5. The Morgan fingerprint density at radius 1 is 1.33 bits per heavy atom. The summed E-state index contributed by atoms with van der Waals surface area (Å²) in [5.74, 6) is -0.0120. The Labute approximate surface area is 167 Å². The molecule has 0 bridgehead atoms. The highest BCUT2D eigenvalue weighted by Crippen LogP contribution is 2.30. The van der Waals surface area contributed by atoms with Crippen molar-refractivity contribution in [2.24, 2.45) is 0 Å². The van der Waals surface area contributed by atoms with E-state index in [4.69, 9.17) is 4.74 Å². The van der Waals surface area contributed by atoms with Crippen molar-refractivity contribution in [1.82, 2.24) is 10.2 Å². The molecule has 1 aromatic heterocycles. The van der Waals surface area contributed by atoms with Crippen molar-refractivity contribution < 1.29 is 9.53 Å². The zero-order valence-corrected chi connectivity index (χ0v) is 17.0. The van der Waals surface area contributed by atoms with Gasteiger partial charge in [0.1, 0.15) is 0 Å². The van der Waals surface area contributed by atoms with Gasteiger partial charge in [0, 0.05) is 18.8 Å². The number of ether oxygens (including phenoxy) is 1. The summed E-state index contributed by atoms with van der Waals surface area (Å²) in [6, 6.07) is 6.24. The van der Waals surface area contributed by atoms with Crippen molar-refractivity contribution in [3.05, 3.63) is 29.3 Å². The molecule has 0 saturated carbocycles. The van der Waals surface area contributed by atoms with Gasteiger partial charge in [0.2, 0.25) is 11.0 Å². The van der Waals surface area contributed by atoms with E-state index in [-0.39, 0.29) is 17.3 Å². The summed E-state index contributed by atoms with van der Waals surface area (Å²) in [7, 11) is 0. The molecular weight excluding hydrogens is 380 g/mol. The number of hydrogen-bond acceptors (Lipinski definition) is 7. The van der Waals surface area contributed by atoms with Crippen LogP contribution in [-0.4, -0.2) is 40.6 Å². The Hall–Kier alpha value is -1.64. The van der Waals surface area contributed by atoms with Crippen LogP contribution in [0.4, 0.5) is 10.8 Å². The van der Waals surface area contributed by atoms with Crippen molar-refractivity contribution >= 4 is 39.8 Å². The molecule has 8 heteroatoms. The molecule has 0 spiro atoms. The number of carbonyl (C=O) groups excluding carboxylic acids is 1. The molecule has 2 heterocycles. The number of nitrogens with zero attached hydrogens (tertiary/aromatic N) is 2. The minimum atomic E-state index is -0.239. The number of hydrogen-bond donors (Lipinski definition) is 2. The lowest BCUT2D eigenvalue weighted by Crippen LogP contribution is -2.22. The van der Waals surface area contributed by atoms with Gasteiger partial charge < -0.3 is 15.4 Å². The molecule has 1 aliphatic carbocycles. The first-order chi connectivity index (χ1) is 13.2. The SMILES string of the molecule is C[C@@H](Sc1nnc(NC[C@H]2CCCO2)s1)C(=O)Nc1ccc2c(c1)CCC2. The normalized spacial score (nSPS) is 19.7. The molecule has 27 heavy (non-hydrogen) atoms. The van der Waals surface area contributed by atoms with Gasteiger partial charge in [-0.05, 0) is 62.3 Å². The molecule has 2 aliphatic rings. The number of benzene rings is 1. The van der Waals surface area contributed by atoms with Crippen LogP contribution in [0.2, 0.25) is 0 Å². The van der Waals surface area contributed by atoms with Gasteiger partial charge in [-0.3, -0.25) is 4.79 Å². The highest BCUT2D eigenvalue weighted by Gasteiger charge is 2.19. The van der Waals surface area contributed by atoms with Gasteiger partial charge in [0.25, 0.3) is 0 Å². The fourth-order valence-corrected chi connectivity index (χ4v) is 5.34. The summed E-state index contributed by atoms with van der Waals surface area (Å²) < 4.78 is 6.39. The van der Waals surface area contributed by atoms with E-state index in [0.717, 1.165) is 54.0 Å². The second-order valence-corrected chi connectivity index (χ2v) is 9.54. The molecule has 1 amide bonds. The number of amides is 1. The molecule has 2 atom stereocenters. The number of anilines is 2. The molecule has 6 nitrogen and oxygen atoms in total. The van der Waals surface area contributed by atoms with E-state index in [1.165, 1.54) is 40.6 Å². The molecule has 4 rings (SSSR count). The zero-order valence-electron chi connectivity index (χ0n) is 15.4. The third kappa shape index (κ3) is 4.80. The fourth-order valence-electron chi connectivity index (χ4n) is 3.43. The van der Waals surface area contributed by atoms with E-state index in [9.17, 15) is 4.79 Å². The van der Waals surface area contributed by atoms with Crippen LogP contribution in [0.1, 0.15) is 37.3 Å². The maximum absolute atomic E-state index is 12.5. The Morgan fingerprint density at radius 2 is 2.22 bits per heavy atom. The highest BCUT2D eigenvalue weighted by molar-refractivity contribution is 8.02. The molecule has 0 unspecified atom stereocenters. The fraction of sp³-hybridized carbons (Fsp3) is 0.526. The van der Waals surface area contributed by atoms with Gasteiger partial charge >= 0.3 is 0 Å². The highest BCUT2D eigenvalue weighted by atomic mass is 32.2. The third-order valence-electron chi connectivity index (χ3n) is 4.92. The largest absolute Gasteiger partial charge is 0.376 e. The summed E-state index contributed by atoms with van der Waals surface area (Å²) in [6.45, 7) is 3.50. The summed E-state index contributed by atoms with van der Waals surface area (Å²) in [5.41, 5.74) is 3.65. The van der Waals surface area contributed by atoms with Crippen molar-refractivity contribution in [3.63, 3.8) is 0 Å². The maximum Gasteiger partial charge on any atom is 0.237 e. The first-order valence-corrected chi connectivity index (χ1v) is 11.2. The predicted octanol–water partition coefficient (Wildman–Crippen LogP) is 3.74. The van der Waals surface area contributed by atoms with Crippen LogP contribution in [0.25, 0.3) is 0 Å². The zero-order chi connectivity index (χ0) is 18.6. The predicted molar refractivity (Wildman–Crippen MR) is 110 cm³/mol. The van der Waals surface area contributed by atoms with Crippen molar-refractivity contribution in [3.8, 4) is 0 Å². The molecule has 1 aliphatic heterocycles. The van der Waals surface area contributed by atoms with E-state index in [0.29, 0.717) is 0 Å². The van der Waals surface area contributed by atoms with E-state index >= 15 is 0 Å². The summed E-state index contributed by atoms with van der Waals surface area (Å²) in [5, 5.41) is 15.2. The second kappa shape index (κ2) is 8.58. The van der Waals surface area contributed by atoms with Gasteiger partial charge in [0.05, 0.1) is 11.4 Å². The Morgan fingerprint density at radius 3 is 3.07 bits per heavy atom. The Bertz CT molecular complexity index is 805. The molecular formula is C19H24N4O2S2. The smallest absolute Gasteiger partial charge is 0.237 e. The van der Waals surface area contributed by atoms with Crippen molar-refractivity contribution in [2.75, 3.05) is 23.8 Å². The topological polar surface area (TPSA) is 76.1 Å². The average Bonchev–Trinajstić information content (AvgIpc) is 3.41. The Kier molecular flexibility index (Phi) is 5.95. The van der Waals surface area contributed by atoms with Gasteiger partial charge in [-0.1, -0.05) is 29.2 Å². The molecule has 1 saturated heterocycles. The van der Waals surface area contributed by atoms with Gasteiger partial charge in [0.15, 0.2) is 4.34 Å². The summed E-state index contributed by atoms with van der Waals surface area (Å²) in [6.07, 6.45) is 5.95. The second-order valence-electron chi connectivity index (χ2n) is 6.98. The van der Waals surface area contributed by atoms with Crippen LogP contribution in [-0.2, 0) is 22.4 Å². The van der Waals surface area contributed by atoms with E-state index in [1.54, 1.807) is 0 Å². The van der Waals surface area contributed by atoms with Gasteiger partial charge in [-0.25, -0.2) is 0 Å². The molecule has 1 fully saturated rings. The summed E-state index contributed by atoms with van der Waals surface area (Å²) in [4.78, 5) is 12.5. The minimum Gasteiger partial charge on any atom is -0.376 e. The molecule has 1 aromatic carbocycles. The molecule has 144 valence electrons. The van der Waals surface area contributed by atoms with Gasteiger partial charge in [-0.2, -0.15) is 0 Å². The number of fused-ring (bicyclic) bond motifs is 1. The van der Waals surface area contributed by atoms with E-state index < -0.39 is 0 Å². The lowest BCUT2D eigenvalue weighted by molar-refractivity contribution is -0.115. The lowest BCUT2D eigenvalue weighted by atomic mass is 10.1. The van der Waals surface area contributed by atoms with Crippen LogP contribution in [0.15, 0.2) is 22.5 Å². The number of aromatic nitrogens is 2. The first kappa shape index (κ1) is 18.7. The Balaban J connectivity index is 1.28. The number of carbonyl (C=O) groups is 1.